The summed E-state index contributed by atoms with van der Waals surface area (Å²) in [6, 6.07) is 9.94. The number of aromatic nitrogens is 1. The summed E-state index contributed by atoms with van der Waals surface area (Å²) in [6.45, 7) is 9.68. The first-order valence-corrected chi connectivity index (χ1v) is 8.24. The number of hydrogen-bond acceptors (Lipinski definition) is 3. The van der Waals surface area contributed by atoms with Gasteiger partial charge in [0.15, 0.2) is 0 Å². The summed E-state index contributed by atoms with van der Waals surface area (Å²) in [7, 11) is 0. The van der Waals surface area contributed by atoms with Gasteiger partial charge in [-0.15, -0.1) is 0 Å². The standard InChI is InChI=1S/C18H24ClN3O/c1-5-22(12-16(23)21-18(2,3)4)11-14-10-13-8-6-7-9-15(13)20-17(14)19/h6-10H,5,11-12H2,1-4H3,(H,21,23). The molecule has 1 heterocycles. The van der Waals surface area contributed by atoms with Crippen LogP contribution in [0.2, 0.25) is 5.15 Å². The van der Waals surface area contributed by atoms with Crippen LogP contribution in [0.4, 0.5) is 0 Å². The average molecular weight is 334 g/mol. The fourth-order valence-corrected chi connectivity index (χ4v) is 2.63. The van der Waals surface area contributed by atoms with E-state index in [4.69, 9.17) is 11.6 Å². The van der Waals surface area contributed by atoms with E-state index >= 15 is 0 Å². The van der Waals surface area contributed by atoms with Crippen molar-refractivity contribution in [2.75, 3.05) is 13.1 Å². The lowest BCUT2D eigenvalue weighted by molar-refractivity contribution is -0.123. The topological polar surface area (TPSA) is 45.2 Å². The molecule has 0 fully saturated rings. The van der Waals surface area contributed by atoms with Crippen molar-refractivity contribution >= 4 is 28.4 Å². The van der Waals surface area contributed by atoms with E-state index < -0.39 is 0 Å². The summed E-state index contributed by atoms with van der Waals surface area (Å²) >= 11 is 6.31. The van der Waals surface area contributed by atoms with E-state index in [9.17, 15) is 4.79 Å². The molecule has 23 heavy (non-hydrogen) atoms. The molecule has 1 amide bonds. The van der Waals surface area contributed by atoms with Crippen LogP contribution in [-0.2, 0) is 11.3 Å². The van der Waals surface area contributed by atoms with Crippen LogP contribution < -0.4 is 5.32 Å². The molecule has 0 saturated heterocycles. The Labute approximate surface area is 142 Å². The predicted molar refractivity (Wildman–Crippen MR) is 95.6 cm³/mol. The summed E-state index contributed by atoms with van der Waals surface area (Å²) in [6.07, 6.45) is 0. The fourth-order valence-electron chi connectivity index (χ4n) is 2.43. The Morgan fingerprint density at radius 2 is 2.00 bits per heavy atom. The first-order valence-electron chi connectivity index (χ1n) is 7.86. The van der Waals surface area contributed by atoms with Crippen molar-refractivity contribution < 1.29 is 4.79 Å². The molecule has 2 rings (SSSR count). The van der Waals surface area contributed by atoms with Gasteiger partial charge >= 0.3 is 0 Å². The van der Waals surface area contributed by atoms with Crippen LogP contribution in [0, 0.1) is 0 Å². The quantitative estimate of drug-likeness (QED) is 0.850. The Balaban J connectivity index is 2.12. The van der Waals surface area contributed by atoms with E-state index in [1.54, 1.807) is 0 Å². The highest BCUT2D eigenvalue weighted by Gasteiger charge is 2.17. The third kappa shape index (κ3) is 5.19. The highest BCUT2D eigenvalue weighted by atomic mass is 35.5. The predicted octanol–water partition coefficient (Wildman–Crippen LogP) is 3.62. The molecule has 0 aliphatic rings. The Kier molecular flexibility index (Phi) is 5.60. The molecule has 124 valence electrons. The van der Waals surface area contributed by atoms with Gasteiger partial charge in [-0.25, -0.2) is 4.98 Å². The van der Waals surface area contributed by atoms with Crippen LogP contribution in [0.25, 0.3) is 10.9 Å². The summed E-state index contributed by atoms with van der Waals surface area (Å²) in [5, 5.41) is 4.54. The maximum absolute atomic E-state index is 12.1. The SMILES string of the molecule is CCN(CC(=O)NC(C)(C)C)Cc1cc2ccccc2nc1Cl. The van der Waals surface area contributed by atoms with Crippen molar-refractivity contribution in [3.63, 3.8) is 0 Å². The summed E-state index contributed by atoms with van der Waals surface area (Å²) in [5.74, 6) is 0.0178. The number of hydrogen-bond donors (Lipinski definition) is 1. The van der Waals surface area contributed by atoms with Crippen molar-refractivity contribution in [2.45, 2.75) is 39.8 Å². The van der Waals surface area contributed by atoms with E-state index in [1.807, 2.05) is 52.0 Å². The number of pyridine rings is 1. The molecule has 0 aliphatic carbocycles. The van der Waals surface area contributed by atoms with E-state index in [2.05, 4.69) is 21.3 Å². The lowest BCUT2D eigenvalue weighted by atomic mass is 10.1. The number of carbonyl (C=O) groups excluding carboxylic acids is 1. The molecule has 1 N–H and O–H groups in total. The van der Waals surface area contributed by atoms with Gasteiger partial charge in [0.25, 0.3) is 0 Å². The number of nitrogens with one attached hydrogen (secondary N) is 1. The largest absolute Gasteiger partial charge is 0.350 e. The fraction of sp³-hybridized carbons (Fsp3) is 0.444. The Bertz CT molecular complexity index is 694. The minimum Gasteiger partial charge on any atom is -0.350 e. The number of nitrogens with zero attached hydrogens (tertiary/aromatic N) is 2. The Morgan fingerprint density at radius 3 is 2.65 bits per heavy atom. The minimum atomic E-state index is -0.224. The molecule has 1 aromatic carbocycles. The van der Waals surface area contributed by atoms with Gasteiger partial charge in [0.05, 0.1) is 12.1 Å². The number of fused-ring (bicyclic) bond motifs is 1. The maximum Gasteiger partial charge on any atom is 0.234 e. The van der Waals surface area contributed by atoms with E-state index in [-0.39, 0.29) is 11.4 Å². The number of halogens is 1. The maximum atomic E-state index is 12.1. The Morgan fingerprint density at radius 1 is 1.30 bits per heavy atom. The zero-order valence-electron chi connectivity index (χ0n) is 14.2. The number of rotatable bonds is 5. The van der Waals surface area contributed by atoms with Crippen molar-refractivity contribution in [3.05, 3.63) is 41.0 Å². The van der Waals surface area contributed by atoms with Gasteiger partial charge in [-0.3, -0.25) is 9.69 Å². The molecule has 2 aromatic rings. The summed E-state index contributed by atoms with van der Waals surface area (Å²) in [4.78, 5) is 18.6. The third-order valence-corrected chi connectivity index (χ3v) is 3.80. The van der Waals surface area contributed by atoms with Crippen LogP contribution in [0.5, 0.6) is 0 Å². The molecule has 0 saturated carbocycles. The highest BCUT2D eigenvalue weighted by molar-refractivity contribution is 6.30. The minimum absolute atomic E-state index is 0.0178. The lowest BCUT2D eigenvalue weighted by Crippen LogP contribution is -2.45. The highest BCUT2D eigenvalue weighted by Crippen LogP contribution is 2.21. The second-order valence-corrected chi connectivity index (χ2v) is 7.09. The zero-order valence-corrected chi connectivity index (χ0v) is 14.9. The van der Waals surface area contributed by atoms with E-state index in [1.165, 1.54) is 0 Å². The number of amides is 1. The molecule has 5 heteroatoms. The molecule has 1 aromatic heterocycles. The van der Waals surface area contributed by atoms with Crippen LogP contribution in [-0.4, -0.2) is 34.4 Å². The average Bonchev–Trinajstić information content (AvgIpc) is 2.45. The second-order valence-electron chi connectivity index (χ2n) is 6.73. The number of carbonyl (C=O) groups is 1. The molecule has 0 radical (unpaired) electrons. The first-order chi connectivity index (χ1) is 10.8. The van der Waals surface area contributed by atoms with Crippen molar-refractivity contribution in [1.29, 1.82) is 0 Å². The first kappa shape index (κ1) is 17.7. The van der Waals surface area contributed by atoms with Gasteiger partial charge in [-0.05, 0) is 39.4 Å². The second kappa shape index (κ2) is 7.28. The van der Waals surface area contributed by atoms with E-state index in [0.717, 1.165) is 23.0 Å². The van der Waals surface area contributed by atoms with Crippen molar-refractivity contribution in [2.24, 2.45) is 0 Å². The van der Waals surface area contributed by atoms with E-state index in [0.29, 0.717) is 18.2 Å². The molecule has 4 nitrogen and oxygen atoms in total. The number of likely N-dealkylation sites (N-methyl/N-ethyl adjacent to an activating group) is 1. The van der Waals surface area contributed by atoms with Gasteiger partial charge in [0.1, 0.15) is 5.15 Å². The molecule has 0 atom stereocenters. The third-order valence-electron chi connectivity index (χ3n) is 3.47. The molecule has 0 unspecified atom stereocenters. The number of benzene rings is 1. The molecule has 0 bridgehead atoms. The van der Waals surface area contributed by atoms with Crippen LogP contribution >= 0.6 is 11.6 Å². The summed E-state index contributed by atoms with van der Waals surface area (Å²) < 4.78 is 0. The van der Waals surface area contributed by atoms with Gasteiger partial charge in [0, 0.05) is 23.0 Å². The molecule has 0 aliphatic heterocycles. The summed E-state index contributed by atoms with van der Waals surface area (Å²) in [5.41, 5.74) is 1.60. The van der Waals surface area contributed by atoms with Gasteiger partial charge in [-0.1, -0.05) is 36.7 Å². The molecular weight excluding hydrogens is 310 g/mol. The molecular formula is C18H24ClN3O. The lowest BCUT2D eigenvalue weighted by Gasteiger charge is -2.25. The smallest absolute Gasteiger partial charge is 0.234 e. The van der Waals surface area contributed by atoms with Gasteiger partial charge in [-0.2, -0.15) is 0 Å². The van der Waals surface area contributed by atoms with Crippen molar-refractivity contribution in [3.8, 4) is 0 Å². The number of para-hydroxylation sites is 1. The van der Waals surface area contributed by atoms with Gasteiger partial charge < -0.3 is 5.32 Å². The van der Waals surface area contributed by atoms with Gasteiger partial charge in [0.2, 0.25) is 5.91 Å². The van der Waals surface area contributed by atoms with Crippen LogP contribution in [0.3, 0.4) is 0 Å². The zero-order chi connectivity index (χ0) is 17.0. The van der Waals surface area contributed by atoms with Crippen LogP contribution in [0.1, 0.15) is 33.3 Å². The van der Waals surface area contributed by atoms with Crippen LogP contribution in [0.15, 0.2) is 30.3 Å². The monoisotopic (exact) mass is 333 g/mol. The Hall–Kier alpha value is -1.65. The normalized spacial score (nSPS) is 11.9. The molecule has 0 spiro atoms. The van der Waals surface area contributed by atoms with Crippen molar-refractivity contribution in [1.82, 2.24) is 15.2 Å².